The molecule has 0 aromatic heterocycles. The van der Waals surface area contributed by atoms with Gasteiger partial charge in [0.05, 0.1) is 0 Å². The van der Waals surface area contributed by atoms with Crippen LogP contribution in [0.5, 0.6) is 0 Å². The molecule has 22 heavy (non-hydrogen) atoms. The molecule has 1 saturated carbocycles. The fourth-order valence-corrected chi connectivity index (χ4v) is 3.81. The van der Waals surface area contributed by atoms with Gasteiger partial charge in [-0.05, 0) is 38.8 Å². The minimum absolute atomic E-state index is 0.0199. The Morgan fingerprint density at radius 3 is 2.23 bits per heavy atom. The average molecular weight is 317 g/mol. The van der Waals surface area contributed by atoms with Gasteiger partial charge >= 0.3 is 0 Å². The third kappa shape index (κ3) is 2.81. The van der Waals surface area contributed by atoms with Crippen LogP contribution in [-0.4, -0.2) is 28.5 Å². The molecule has 2 aliphatic rings. The Morgan fingerprint density at radius 2 is 1.73 bits per heavy atom. The Balaban J connectivity index is 1.80. The number of carbonyl (C=O) groups is 1. The Bertz CT molecular complexity index is 570. The average Bonchev–Trinajstić information content (AvgIpc) is 2.90. The minimum atomic E-state index is -0.931. The number of hydrogen-bond acceptors (Lipinski definition) is 4. The number of fused-ring (bicyclic) bond motifs is 1. The van der Waals surface area contributed by atoms with Crippen molar-refractivity contribution in [3.05, 3.63) is 29.8 Å². The quantitative estimate of drug-likeness (QED) is 0.748. The van der Waals surface area contributed by atoms with Crippen LogP contribution < -0.4 is 16.0 Å². The molecule has 1 aromatic rings. The molecule has 0 amide bonds. The predicted octanol–water partition coefficient (Wildman–Crippen LogP) is 2.52. The summed E-state index contributed by atoms with van der Waals surface area (Å²) in [7, 11) is 0. The highest BCUT2D eigenvalue weighted by Crippen LogP contribution is 2.28. The zero-order chi connectivity index (χ0) is 15.7. The smallest absolute Gasteiger partial charge is 0.181 e. The van der Waals surface area contributed by atoms with Gasteiger partial charge in [-0.2, -0.15) is 0 Å². The number of carbonyl (C=O) groups excluding carboxylic acids is 1. The van der Waals surface area contributed by atoms with Crippen LogP contribution >= 0.6 is 12.2 Å². The number of hydrogen-bond donors (Lipinski definition) is 3. The lowest BCUT2D eigenvalue weighted by atomic mass is 9.92. The van der Waals surface area contributed by atoms with E-state index in [1.54, 1.807) is 6.92 Å². The van der Waals surface area contributed by atoms with Crippen molar-refractivity contribution in [2.75, 3.05) is 5.32 Å². The molecule has 5 heteroatoms. The number of benzene rings is 1. The van der Waals surface area contributed by atoms with E-state index in [1.807, 2.05) is 31.2 Å². The van der Waals surface area contributed by atoms with Gasteiger partial charge in [0.15, 0.2) is 11.4 Å². The summed E-state index contributed by atoms with van der Waals surface area (Å²) in [6.45, 7) is 3.64. The molecule has 1 saturated heterocycles. The Hall–Kier alpha value is -1.30. The molecule has 0 unspecified atom stereocenters. The summed E-state index contributed by atoms with van der Waals surface area (Å²) in [4.78, 5) is 12.9. The van der Waals surface area contributed by atoms with Gasteiger partial charge in [0.25, 0.3) is 0 Å². The molecule has 118 valence electrons. The van der Waals surface area contributed by atoms with Crippen molar-refractivity contribution in [1.29, 1.82) is 0 Å². The van der Waals surface area contributed by atoms with E-state index in [4.69, 9.17) is 12.2 Å². The predicted molar refractivity (Wildman–Crippen MR) is 93.1 cm³/mol. The van der Waals surface area contributed by atoms with Gasteiger partial charge in [0.2, 0.25) is 0 Å². The fraction of sp³-hybridized carbons (Fsp3) is 0.529. The lowest BCUT2D eigenvalue weighted by molar-refractivity contribution is -0.121. The molecule has 0 spiro atoms. The number of thiocarbonyl (C=S) groups is 1. The maximum absolute atomic E-state index is 12.3. The molecular formula is C17H23N3OS. The first-order valence-electron chi connectivity index (χ1n) is 7.96. The molecule has 3 rings (SSSR count). The summed E-state index contributed by atoms with van der Waals surface area (Å²) in [6, 6.07) is 8.68. The number of anilines is 1. The van der Waals surface area contributed by atoms with Crippen molar-refractivity contribution in [2.45, 2.75) is 57.3 Å². The summed E-state index contributed by atoms with van der Waals surface area (Å²) >= 11 is 5.58. The largest absolute Gasteiger partial charge is 0.347 e. The maximum Gasteiger partial charge on any atom is 0.181 e. The number of ketones is 1. The first kappa shape index (κ1) is 15.6. The van der Waals surface area contributed by atoms with E-state index in [1.165, 1.54) is 18.4 Å². The molecule has 0 bridgehead atoms. The van der Waals surface area contributed by atoms with E-state index >= 15 is 0 Å². The second-order valence-corrected chi connectivity index (χ2v) is 6.82. The third-order valence-corrected chi connectivity index (χ3v) is 5.16. The van der Waals surface area contributed by atoms with Crippen LogP contribution in [0.1, 0.15) is 38.2 Å². The minimum Gasteiger partial charge on any atom is -0.347 e. The fourth-order valence-electron chi connectivity index (χ4n) is 3.43. The maximum atomic E-state index is 12.3. The van der Waals surface area contributed by atoms with E-state index in [-0.39, 0.29) is 5.78 Å². The molecule has 2 atom stereocenters. The van der Waals surface area contributed by atoms with Gasteiger partial charge in [-0.15, -0.1) is 0 Å². The molecule has 1 heterocycles. The van der Waals surface area contributed by atoms with Crippen molar-refractivity contribution in [3.63, 3.8) is 0 Å². The van der Waals surface area contributed by atoms with E-state index in [0.717, 1.165) is 18.5 Å². The van der Waals surface area contributed by atoms with Crippen LogP contribution in [0.3, 0.4) is 0 Å². The second-order valence-electron chi connectivity index (χ2n) is 6.41. The second kappa shape index (κ2) is 6.07. The van der Waals surface area contributed by atoms with E-state index < -0.39 is 5.66 Å². The van der Waals surface area contributed by atoms with Crippen molar-refractivity contribution >= 4 is 28.7 Å². The van der Waals surface area contributed by atoms with Crippen LogP contribution in [0.15, 0.2) is 24.3 Å². The zero-order valence-electron chi connectivity index (χ0n) is 13.1. The molecule has 1 aliphatic heterocycles. The van der Waals surface area contributed by atoms with Crippen LogP contribution in [0, 0.1) is 6.92 Å². The van der Waals surface area contributed by atoms with Crippen LogP contribution in [0.4, 0.5) is 5.69 Å². The van der Waals surface area contributed by atoms with Crippen LogP contribution in [-0.2, 0) is 4.79 Å². The van der Waals surface area contributed by atoms with Gasteiger partial charge in [0, 0.05) is 17.8 Å². The van der Waals surface area contributed by atoms with Crippen molar-refractivity contribution in [3.8, 4) is 0 Å². The first-order chi connectivity index (χ1) is 10.5. The highest BCUT2D eigenvalue weighted by atomic mass is 32.1. The van der Waals surface area contributed by atoms with Crippen LogP contribution in [0.2, 0.25) is 0 Å². The van der Waals surface area contributed by atoms with E-state index in [2.05, 4.69) is 16.0 Å². The lowest BCUT2D eigenvalue weighted by Crippen LogP contribution is -2.63. The normalized spacial score (nSPS) is 26.3. The van der Waals surface area contributed by atoms with Gasteiger partial charge in [0.1, 0.15) is 4.99 Å². The molecule has 1 aromatic carbocycles. The van der Waals surface area contributed by atoms with E-state index in [9.17, 15) is 4.79 Å². The van der Waals surface area contributed by atoms with E-state index in [0.29, 0.717) is 17.1 Å². The van der Waals surface area contributed by atoms with Gasteiger partial charge in [-0.3, -0.25) is 15.4 Å². The van der Waals surface area contributed by atoms with Gasteiger partial charge in [-0.25, -0.2) is 0 Å². The number of aryl methyl sites for hydroxylation is 1. The third-order valence-electron chi connectivity index (χ3n) is 4.75. The molecule has 4 nitrogen and oxygen atoms in total. The Labute approximate surface area is 137 Å². The highest BCUT2D eigenvalue weighted by molar-refractivity contribution is 7.80. The summed E-state index contributed by atoms with van der Waals surface area (Å²) in [6.07, 6.45) is 4.61. The standard InChI is InChI=1S/C17H23N3OS/c1-11-7-9-13(10-8-11)18-16(22)17(12(2)21)19-14-5-3-4-6-15(14)20-17/h7-10,14-15,19-20H,3-6H2,1-2H3,(H,18,22)/t14-,15-/m0/s1. The lowest BCUT2D eigenvalue weighted by Gasteiger charge is -2.29. The molecule has 0 radical (unpaired) electrons. The SMILES string of the molecule is CC(=O)C1(C(=S)Nc2ccc(C)cc2)N[C@H]2CCCC[C@@H]2N1. The van der Waals surface area contributed by atoms with Gasteiger partial charge < -0.3 is 5.32 Å². The Morgan fingerprint density at radius 1 is 1.18 bits per heavy atom. The van der Waals surface area contributed by atoms with Crippen LogP contribution in [0.25, 0.3) is 0 Å². The zero-order valence-corrected chi connectivity index (χ0v) is 13.9. The van der Waals surface area contributed by atoms with Crippen molar-refractivity contribution in [2.24, 2.45) is 0 Å². The molecule has 1 aliphatic carbocycles. The number of rotatable bonds is 3. The summed E-state index contributed by atoms with van der Waals surface area (Å²) in [5.41, 5.74) is 1.18. The topological polar surface area (TPSA) is 53.2 Å². The number of Topliss-reactive ketones (excluding diaryl/α,β-unsaturated/α-hetero) is 1. The summed E-state index contributed by atoms with van der Waals surface area (Å²) in [5, 5.41) is 10.2. The monoisotopic (exact) mass is 317 g/mol. The highest BCUT2D eigenvalue weighted by Gasteiger charge is 2.50. The van der Waals surface area contributed by atoms with Crippen molar-refractivity contribution < 1.29 is 4.79 Å². The molecule has 2 fully saturated rings. The van der Waals surface area contributed by atoms with Crippen molar-refractivity contribution in [1.82, 2.24) is 10.6 Å². The number of nitrogens with one attached hydrogen (secondary N) is 3. The summed E-state index contributed by atoms with van der Waals surface area (Å²) in [5.74, 6) is 0.0199. The van der Waals surface area contributed by atoms with Gasteiger partial charge in [-0.1, -0.05) is 42.8 Å². The first-order valence-corrected chi connectivity index (χ1v) is 8.37. The summed E-state index contributed by atoms with van der Waals surface area (Å²) < 4.78 is 0. The Kier molecular flexibility index (Phi) is 4.30. The molecular weight excluding hydrogens is 294 g/mol. The molecule has 3 N–H and O–H groups in total.